The van der Waals surface area contributed by atoms with Crippen molar-refractivity contribution in [3.8, 4) is 17.9 Å². The molecule has 0 aliphatic rings. The molecule has 6 nitrogen and oxygen atoms in total. The van der Waals surface area contributed by atoms with Crippen LogP contribution in [0.2, 0.25) is 0 Å². The molecule has 0 N–H and O–H groups in total. The molecule has 2 aromatic rings. The van der Waals surface area contributed by atoms with Crippen molar-refractivity contribution in [2.24, 2.45) is 0 Å². The largest absolute Gasteiger partial charge is 0.495 e. The van der Waals surface area contributed by atoms with E-state index in [9.17, 15) is 0 Å². The van der Waals surface area contributed by atoms with Gasteiger partial charge < -0.3 is 4.74 Å². The normalized spacial score (nSPS) is 8.42. The summed E-state index contributed by atoms with van der Waals surface area (Å²) in [6.07, 6.45) is 4.58. The number of methoxy groups -OCH3 is 1. The van der Waals surface area contributed by atoms with Crippen molar-refractivity contribution in [1.82, 2.24) is 15.0 Å². The van der Waals surface area contributed by atoms with Crippen molar-refractivity contribution in [1.29, 1.82) is 10.5 Å². The van der Waals surface area contributed by atoms with E-state index < -0.39 is 0 Å². The fourth-order valence-electron chi connectivity index (χ4n) is 0.937. The molecular formula is C12H8BrN5O. The van der Waals surface area contributed by atoms with Crippen LogP contribution >= 0.6 is 15.9 Å². The molecule has 0 aromatic carbocycles. The Morgan fingerprint density at radius 2 is 1.74 bits per heavy atom. The molecule has 0 saturated heterocycles. The monoisotopic (exact) mass is 317 g/mol. The molecule has 0 radical (unpaired) electrons. The number of nitriles is 2. The zero-order valence-electron chi connectivity index (χ0n) is 9.91. The molecule has 0 bridgehead atoms. The maximum Gasteiger partial charge on any atom is 0.232 e. The van der Waals surface area contributed by atoms with Crippen LogP contribution in [0.3, 0.4) is 0 Å². The van der Waals surface area contributed by atoms with Crippen LogP contribution in [0.15, 0.2) is 35.2 Å². The van der Waals surface area contributed by atoms with Gasteiger partial charge in [0.2, 0.25) is 5.82 Å². The second-order valence-corrected chi connectivity index (χ2v) is 3.95. The van der Waals surface area contributed by atoms with E-state index in [0.717, 1.165) is 4.47 Å². The number of halogens is 1. The minimum absolute atomic E-state index is 0.193. The van der Waals surface area contributed by atoms with Gasteiger partial charge >= 0.3 is 0 Å². The molecule has 2 rings (SSSR count). The number of rotatable bonds is 1. The van der Waals surface area contributed by atoms with E-state index in [2.05, 4.69) is 30.9 Å². The maximum atomic E-state index is 8.35. The third kappa shape index (κ3) is 5.11. The summed E-state index contributed by atoms with van der Waals surface area (Å²) in [5.74, 6) is 0.859. The summed E-state index contributed by atoms with van der Waals surface area (Å²) in [4.78, 5) is 11.1. The van der Waals surface area contributed by atoms with Gasteiger partial charge in [-0.2, -0.15) is 10.5 Å². The van der Waals surface area contributed by atoms with Crippen LogP contribution in [-0.2, 0) is 0 Å². The zero-order chi connectivity index (χ0) is 14.1. The summed E-state index contributed by atoms with van der Waals surface area (Å²) in [7, 11) is 1.56. The van der Waals surface area contributed by atoms with E-state index in [1.54, 1.807) is 19.2 Å². The molecule has 0 atom stereocenters. The predicted molar refractivity (Wildman–Crippen MR) is 70.0 cm³/mol. The first kappa shape index (κ1) is 14.6. The standard InChI is InChI=1S/C7H6N2O.C5H2BrN3/c1-10-7-3-2-6(4-8)9-5-7;6-4-2-8-5(1-7)9-3-4/h2-3,5H,1H3;2-3H. The first-order valence-electron chi connectivity index (χ1n) is 4.97. The highest BCUT2D eigenvalue weighted by Gasteiger charge is 1.91. The molecule has 2 aromatic heterocycles. The van der Waals surface area contributed by atoms with Gasteiger partial charge in [0.15, 0.2) is 0 Å². The Morgan fingerprint density at radius 1 is 1.05 bits per heavy atom. The minimum atomic E-state index is 0.193. The van der Waals surface area contributed by atoms with E-state index in [1.807, 2.05) is 12.1 Å². The SMILES string of the molecule is COc1ccc(C#N)nc1.N#Cc1ncc(Br)cn1. The van der Waals surface area contributed by atoms with Gasteiger partial charge in [0.25, 0.3) is 0 Å². The van der Waals surface area contributed by atoms with Crippen molar-refractivity contribution in [2.75, 3.05) is 7.11 Å². The van der Waals surface area contributed by atoms with Gasteiger partial charge in [-0.25, -0.2) is 15.0 Å². The zero-order valence-corrected chi connectivity index (χ0v) is 11.5. The lowest BCUT2D eigenvalue weighted by Gasteiger charge is -1.95. The molecule has 0 saturated carbocycles. The Bertz CT molecular complexity index is 598. The molecule has 2 heterocycles. The average molecular weight is 318 g/mol. The van der Waals surface area contributed by atoms with Gasteiger partial charge in [0.1, 0.15) is 23.6 Å². The van der Waals surface area contributed by atoms with E-state index in [0.29, 0.717) is 11.4 Å². The van der Waals surface area contributed by atoms with Crippen LogP contribution in [0.1, 0.15) is 11.5 Å². The molecule has 0 amide bonds. The van der Waals surface area contributed by atoms with E-state index in [-0.39, 0.29) is 5.82 Å². The van der Waals surface area contributed by atoms with Gasteiger partial charge in [-0.05, 0) is 28.1 Å². The quantitative estimate of drug-likeness (QED) is 0.798. The molecule has 0 aliphatic carbocycles. The highest BCUT2D eigenvalue weighted by atomic mass is 79.9. The summed E-state index contributed by atoms with van der Waals surface area (Å²) in [6, 6.07) is 7.03. The van der Waals surface area contributed by atoms with Crippen LogP contribution in [-0.4, -0.2) is 22.1 Å². The third-order valence-electron chi connectivity index (χ3n) is 1.81. The smallest absolute Gasteiger partial charge is 0.232 e. The van der Waals surface area contributed by atoms with Crippen LogP contribution in [0.4, 0.5) is 0 Å². The summed E-state index contributed by atoms with van der Waals surface area (Å²) < 4.78 is 5.62. The summed E-state index contributed by atoms with van der Waals surface area (Å²) in [6.45, 7) is 0. The number of aromatic nitrogens is 3. The fourth-order valence-corrected chi connectivity index (χ4v) is 1.14. The molecule has 0 fully saturated rings. The molecule has 7 heteroatoms. The van der Waals surface area contributed by atoms with Crippen molar-refractivity contribution in [3.63, 3.8) is 0 Å². The number of ether oxygens (including phenoxy) is 1. The van der Waals surface area contributed by atoms with Gasteiger partial charge in [-0.15, -0.1) is 0 Å². The summed E-state index contributed by atoms with van der Waals surface area (Å²) >= 11 is 3.14. The molecule has 19 heavy (non-hydrogen) atoms. The van der Waals surface area contributed by atoms with Crippen LogP contribution in [0.25, 0.3) is 0 Å². The van der Waals surface area contributed by atoms with Crippen LogP contribution in [0.5, 0.6) is 5.75 Å². The van der Waals surface area contributed by atoms with Crippen LogP contribution < -0.4 is 4.74 Å². The minimum Gasteiger partial charge on any atom is -0.495 e. The van der Waals surface area contributed by atoms with E-state index in [1.165, 1.54) is 18.6 Å². The topological polar surface area (TPSA) is 95.5 Å². The number of hydrogen-bond acceptors (Lipinski definition) is 6. The molecule has 0 aliphatic heterocycles. The third-order valence-corrected chi connectivity index (χ3v) is 2.22. The molecular weight excluding hydrogens is 310 g/mol. The molecule has 0 unspecified atom stereocenters. The average Bonchev–Trinajstić information content (AvgIpc) is 2.49. The Hall–Kier alpha value is -2.51. The first-order chi connectivity index (χ1) is 9.19. The van der Waals surface area contributed by atoms with Crippen molar-refractivity contribution >= 4 is 15.9 Å². The lowest BCUT2D eigenvalue weighted by Crippen LogP contribution is -1.85. The number of nitrogens with zero attached hydrogens (tertiary/aromatic N) is 5. The summed E-state index contributed by atoms with van der Waals surface area (Å²) in [5.41, 5.74) is 0.404. The second kappa shape index (κ2) is 7.75. The van der Waals surface area contributed by atoms with Crippen molar-refractivity contribution in [3.05, 3.63) is 46.7 Å². The Balaban J connectivity index is 0.000000191. The van der Waals surface area contributed by atoms with Crippen LogP contribution in [0, 0.1) is 22.7 Å². The Labute approximate surface area is 118 Å². The Morgan fingerprint density at radius 3 is 2.16 bits per heavy atom. The van der Waals surface area contributed by atoms with Gasteiger partial charge in [-0.3, -0.25) is 0 Å². The lowest BCUT2D eigenvalue weighted by atomic mass is 10.4. The highest BCUT2D eigenvalue weighted by molar-refractivity contribution is 9.10. The summed E-state index contributed by atoms with van der Waals surface area (Å²) in [5, 5.41) is 16.6. The number of pyridine rings is 1. The highest BCUT2D eigenvalue weighted by Crippen LogP contribution is 2.06. The predicted octanol–water partition coefficient (Wildman–Crippen LogP) is 2.07. The number of hydrogen-bond donors (Lipinski definition) is 0. The molecule has 94 valence electrons. The maximum absolute atomic E-state index is 8.35. The van der Waals surface area contributed by atoms with E-state index in [4.69, 9.17) is 15.3 Å². The van der Waals surface area contributed by atoms with Crippen molar-refractivity contribution < 1.29 is 4.74 Å². The molecule has 0 spiro atoms. The first-order valence-corrected chi connectivity index (χ1v) is 5.76. The van der Waals surface area contributed by atoms with Crippen molar-refractivity contribution in [2.45, 2.75) is 0 Å². The fraction of sp³-hybridized carbons (Fsp3) is 0.0833. The van der Waals surface area contributed by atoms with Gasteiger partial charge in [-0.1, -0.05) is 0 Å². The lowest BCUT2D eigenvalue weighted by molar-refractivity contribution is 0.413. The Kier molecular flexibility index (Phi) is 5.93. The second-order valence-electron chi connectivity index (χ2n) is 3.03. The van der Waals surface area contributed by atoms with Gasteiger partial charge in [0.05, 0.1) is 17.8 Å². The van der Waals surface area contributed by atoms with Gasteiger partial charge in [0, 0.05) is 12.4 Å². The van der Waals surface area contributed by atoms with E-state index >= 15 is 0 Å².